The molecule has 2 fully saturated rings. The molecule has 0 radical (unpaired) electrons. The smallest absolute Gasteiger partial charge is 0.306 e. The fourth-order valence-electron chi connectivity index (χ4n) is 3.58. The maximum atomic E-state index is 12.2. The van der Waals surface area contributed by atoms with Gasteiger partial charge < -0.3 is 14.9 Å². The van der Waals surface area contributed by atoms with E-state index in [1.807, 2.05) is 0 Å². The van der Waals surface area contributed by atoms with Crippen LogP contribution in [0.1, 0.15) is 51.4 Å². The van der Waals surface area contributed by atoms with Crippen molar-refractivity contribution < 1.29 is 19.5 Å². The van der Waals surface area contributed by atoms with Crippen molar-refractivity contribution >= 4 is 17.8 Å². The van der Waals surface area contributed by atoms with E-state index < -0.39 is 5.97 Å². The number of likely N-dealkylation sites (tertiary alicyclic amines) is 1. The summed E-state index contributed by atoms with van der Waals surface area (Å²) in [7, 11) is 1.68. The molecular weight excluding hydrogens is 296 g/mol. The lowest BCUT2D eigenvalue weighted by Gasteiger charge is -2.31. The maximum Gasteiger partial charge on any atom is 0.306 e. The number of rotatable bonds is 6. The summed E-state index contributed by atoms with van der Waals surface area (Å²) in [6.45, 7) is 1.04. The molecule has 6 nitrogen and oxygen atoms in total. The number of nitrogens with zero attached hydrogens (tertiary/aromatic N) is 2. The van der Waals surface area contributed by atoms with Crippen LogP contribution in [0.15, 0.2) is 0 Å². The molecule has 130 valence electrons. The van der Waals surface area contributed by atoms with E-state index in [4.69, 9.17) is 5.11 Å². The molecule has 0 aromatic rings. The SMILES string of the molecule is CN(CC(=O)N1CCC(C(=O)O)CC1)C(=O)CCC1CCCC1. The Labute approximate surface area is 137 Å². The number of amides is 2. The fraction of sp³-hybridized carbons (Fsp3) is 0.824. The van der Waals surface area contributed by atoms with E-state index in [0.29, 0.717) is 38.3 Å². The Morgan fingerprint density at radius 3 is 2.26 bits per heavy atom. The van der Waals surface area contributed by atoms with Crippen LogP contribution >= 0.6 is 0 Å². The third-order valence-corrected chi connectivity index (χ3v) is 5.24. The van der Waals surface area contributed by atoms with Crippen molar-refractivity contribution in [3.8, 4) is 0 Å². The third kappa shape index (κ3) is 5.22. The number of carboxylic acid groups (broad SMARTS) is 1. The van der Waals surface area contributed by atoms with Crippen molar-refractivity contribution in [2.75, 3.05) is 26.7 Å². The predicted molar refractivity (Wildman–Crippen MR) is 85.8 cm³/mol. The summed E-state index contributed by atoms with van der Waals surface area (Å²) in [6, 6.07) is 0. The summed E-state index contributed by atoms with van der Waals surface area (Å²) in [5.74, 6) is -0.490. The van der Waals surface area contributed by atoms with Gasteiger partial charge in [0.2, 0.25) is 11.8 Å². The van der Waals surface area contributed by atoms with Crippen molar-refractivity contribution in [2.45, 2.75) is 51.4 Å². The number of piperidine rings is 1. The highest BCUT2D eigenvalue weighted by molar-refractivity contribution is 5.84. The van der Waals surface area contributed by atoms with Crippen LogP contribution in [0.5, 0.6) is 0 Å². The fourth-order valence-corrected chi connectivity index (χ4v) is 3.58. The number of carbonyl (C=O) groups excluding carboxylic acids is 2. The first-order valence-corrected chi connectivity index (χ1v) is 8.72. The van der Waals surface area contributed by atoms with Crippen LogP contribution in [0.2, 0.25) is 0 Å². The molecule has 1 saturated heterocycles. The van der Waals surface area contributed by atoms with Gasteiger partial charge in [0.25, 0.3) is 0 Å². The molecule has 2 rings (SSSR count). The Balaban J connectivity index is 1.69. The van der Waals surface area contributed by atoms with Crippen molar-refractivity contribution in [1.82, 2.24) is 9.80 Å². The number of carboxylic acids is 1. The van der Waals surface area contributed by atoms with Gasteiger partial charge >= 0.3 is 5.97 Å². The van der Waals surface area contributed by atoms with E-state index in [1.165, 1.54) is 30.6 Å². The Hall–Kier alpha value is -1.59. The topological polar surface area (TPSA) is 77.9 Å². The van der Waals surface area contributed by atoms with Crippen LogP contribution in [-0.2, 0) is 14.4 Å². The van der Waals surface area contributed by atoms with Gasteiger partial charge in [-0.1, -0.05) is 25.7 Å². The minimum atomic E-state index is -0.781. The first kappa shape index (κ1) is 17.8. The minimum Gasteiger partial charge on any atom is -0.481 e. The van der Waals surface area contributed by atoms with E-state index in [0.717, 1.165) is 6.42 Å². The zero-order chi connectivity index (χ0) is 16.8. The van der Waals surface area contributed by atoms with Crippen molar-refractivity contribution in [1.29, 1.82) is 0 Å². The number of hydrogen-bond acceptors (Lipinski definition) is 3. The summed E-state index contributed by atoms with van der Waals surface area (Å²) >= 11 is 0. The molecule has 2 aliphatic rings. The van der Waals surface area contributed by atoms with Gasteiger partial charge in [-0.3, -0.25) is 14.4 Å². The van der Waals surface area contributed by atoms with Crippen molar-refractivity contribution in [3.63, 3.8) is 0 Å². The predicted octanol–water partition coefficient (Wildman–Crippen LogP) is 1.74. The zero-order valence-electron chi connectivity index (χ0n) is 14.0. The van der Waals surface area contributed by atoms with Gasteiger partial charge in [0.1, 0.15) is 0 Å². The number of hydrogen-bond donors (Lipinski definition) is 1. The second-order valence-corrected chi connectivity index (χ2v) is 6.93. The van der Waals surface area contributed by atoms with E-state index >= 15 is 0 Å². The van der Waals surface area contributed by atoms with Gasteiger partial charge in [0, 0.05) is 26.6 Å². The molecule has 1 aliphatic carbocycles. The van der Waals surface area contributed by atoms with Gasteiger partial charge in [-0.05, 0) is 25.2 Å². The van der Waals surface area contributed by atoms with E-state index in [-0.39, 0.29) is 24.3 Å². The van der Waals surface area contributed by atoms with Gasteiger partial charge in [0.05, 0.1) is 12.5 Å². The van der Waals surface area contributed by atoms with Crippen molar-refractivity contribution in [2.24, 2.45) is 11.8 Å². The standard InChI is InChI=1S/C17H28N2O4/c1-18(15(20)7-6-13-4-2-3-5-13)12-16(21)19-10-8-14(9-11-19)17(22)23/h13-14H,2-12H2,1H3,(H,22,23). The average Bonchev–Trinajstić information content (AvgIpc) is 3.05. The molecule has 2 amide bonds. The van der Waals surface area contributed by atoms with Crippen LogP contribution in [0.3, 0.4) is 0 Å². The molecule has 6 heteroatoms. The highest BCUT2D eigenvalue weighted by Crippen LogP contribution is 2.28. The molecule has 1 heterocycles. The van der Waals surface area contributed by atoms with Crippen LogP contribution in [0.4, 0.5) is 0 Å². The number of likely N-dealkylation sites (N-methyl/N-ethyl adjacent to an activating group) is 1. The second kappa shape index (κ2) is 8.31. The summed E-state index contributed by atoms with van der Waals surface area (Å²) in [4.78, 5) is 38.5. The average molecular weight is 324 g/mol. The van der Waals surface area contributed by atoms with Crippen LogP contribution in [0.25, 0.3) is 0 Å². The lowest BCUT2D eigenvalue weighted by molar-refractivity contribution is -0.146. The zero-order valence-corrected chi connectivity index (χ0v) is 14.0. The van der Waals surface area contributed by atoms with E-state index in [1.54, 1.807) is 11.9 Å². The first-order valence-electron chi connectivity index (χ1n) is 8.72. The first-order chi connectivity index (χ1) is 11.0. The molecular formula is C17H28N2O4. The lowest BCUT2D eigenvalue weighted by Crippen LogP contribution is -2.45. The highest BCUT2D eigenvalue weighted by atomic mass is 16.4. The van der Waals surface area contributed by atoms with Gasteiger partial charge in [0.15, 0.2) is 0 Å². The molecule has 0 spiro atoms. The third-order valence-electron chi connectivity index (χ3n) is 5.24. The Morgan fingerprint density at radius 2 is 1.70 bits per heavy atom. The highest BCUT2D eigenvalue weighted by Gasteiger charge is 2.28. The van der Waals surface area contributed by atoms with Gasteiger partial charge in [-0.25, -0.2) is 0 Å². The number of carbonyl (C=O) groups is 3. The quantitative estimate of drug-likeness (QED) is 0.807. The molecule has 1 saturated carbocycles. The molecule has 1 N–H and O–H groups in total. The van der Waals surface area contributed by atoms with Gasteiger partial charge in [-0.2, -0.15) is 0 Å². The lowest BCUT2D eigenvalue weighted by atomic mass is 9.97. The Kier molecular flexibility index (Phi) is 6.42. The second-order valence-electron chi connectivity index (χ2n) is 6.93. The summed E-state index contributed by atoms with van der Waals surface area (Å²) < 4.78 is 0. The van der Waals surface area contributed by atoms with E-state index in [9.17, 15) is 14.4 Å². The van der Waals surface area contributed by atoms with Gasteiger partial charge in [-0.15, -0.1) is 0 Å². The summed E-state index contributed by atoms with van der Waals surface area (Å²) in [5, 5.41) is 8.97. The van der Waals surface area contributed by atoms with Crippen molar-refractivity contribution in [3.05, 3.63) is 0 Å². The molecule has 0 aromatic carbocycles. The normalized spacial score (nSPS) is 19.8. The maximum absolute atomic E-state index is 12.2. The molecule has 0 atom stereocenters. The summed E-state index contributed by atoms with van der Waals surface area (Å²) in [6.07, 6.45) is 7.47. The van der Waals surface area contributed by atoms with Crippen LogP contribution in [-0.4, -0.2) is 59.4 Å². The summed E-state index contributed by atoms with van der Waals surface area (Å²) in [5.41, 5.74) is 0. The van der Waals surface area contributed by atoms with Crippen LogP contribution in [0, 0.1) is 11.8 Å². The Morgan fingerprint density at radius 1 is 1.09 bits per heavy atom. The molecule has 23 heavy (non-hydrogen) atoms. The monoisotopic (exact) mass is 324 g/mol. The molecule has 0 unspecified atom stereocenters. The molecule has 0 bridgehead atoms. The molecule has 1 aliphatic heterocycles. The number of aliphatic carboxylic acids is 1. The Bertz CT molecular complexity index is 438. The van der Waals surface area contributed by atoms with Crippen LogP contribution < -0.4 is 0 Å². The largest absolute Gasteiger partial charge is 0.481 e. The molecule has 0 aromatic heterocycles. The minimum absolute atomic E-state index is 0.0330. The van der Waals surface area contributed by atoms with E-state index in [2.05, 4.69) is 0 Å².